The number of halogens is 4. The Kier molecular flexibility index (Phi) is 13.9. The number of benzene rings is 2. The molecule has 4 N–H and O–H groups in total. The number of aromatic nitrogens is 1. The number of hydrogen-bond acceptors (Lipinski definition) is 7. The lowest BCUT2D eigenvalue weighted by Crippen LogP contribution is -2.46. The molecule has 1 aromatic heterocycles. The number of nitrogens with zero attached hydrogens (tertiary/aromatic N) is 3. The van der Waals surface area contributed by atoms with E-state index in [9.17, 15) is 13.2 Å². The quantitative estimate of drug-likeness (QED) is 0.0821. The van der Waals surface area contributed by atoms with E-state index in [-0.39, 0.29) is 58.8 Å². The number of carbonyl (C=O) groups is 1. The molecule has 1 aliphatic rings. The fourth-order valence-corrected chi connectivity index (χ4v) is 7.13. The maximum atomic E-state index is 13.7. The second-order valence-corrected chi connectivity index (χ2v) is 12.1. The highest BCUT2D eigenvalue weighted by atomic mass is 35.5. The molecular weight excluding hydrogens is 646 g/mol. The molecule has 42 heavy (non-hydrogen) atoms. The van der Waals surface area contributed by atoms with Gasteiger partial charge in [0.05, 0.1) is 5.02 Å². The lowest BCUT2D eigenvalue weighted by molar-refractivity contribution is -0.124. The van der Waals surface area contributed by atoms with Gasteiger partial charge in [-0.25, -0.2) is 13.4 Å². The van der Waals surface area contributed by atoms with Gasteiger partial charge in [-0.15, -0.1) is 24.8 Å². The lowest BCUT2D eigenvalue weighted by atomic mass is 10.2. The number of unbranched alkanes of at least 4 members (excludes halogenated alkanes) is 1. The molecule has 0 radical (unpaired) electrons. The van der Waals surface area contributed by atoms with Crippen molar-refractivity contribution in [2.24, 2.45) is 10.9 Å². The summed E-state index contributed by atoms with van der Waals surface area (Å²) in [7, 11) is -4.09. The molecule has 15 heteroatoms. The normalized spacial score (nSPS) is 15.3. The third-order valence-corrected chi connectivity index (χ3v) is 9.50. The standard InChI is InChI=1S/C27H32Cl2N6O4S.2ClH/c1-18-9-10-19-6-4-8-23(26(19)34-18)39-16-20-21(28)11-12-24(25(20)29)40(37,38)35-15-5-7-22(35)27(36)32-14-3-2-13-31-17-33-30;;/h4,6,8-12,17,22H,2-3,5,7,13-16,30H2,1H3,(H,31,33)(H,32,36);2*1H/t22-;;/m0../s1. The maximum absolute atomic E-state index is 13.7. The van der Waals surface area contributed by atoms with Gasteiger partial charge in [0.1, 0.15) is 35.1 Å². The summed E-state index contributed by atoms with van der Waals surface area (Å²) in [5.41, 5.74) is 1.86. The lowest BCUT2D eigenvalue weighted by Gasteiger charge is -2.24. The average Bonchev–Trinajstić information content (AvgIpc) is 3.44. The molecule has 0 aliphatic carbocycles. The number of amides is 1. The second kappa shape index (κ2) is 16.3. The van der Waals surface area contributed by atoms with E-state index in [2.05, 4.69) is 20.7 Å². The van der Waals surface area contributed by atoms with E-state index in [0.29, 0.717) is 42.8 Å². The Hall–Kier alpha value is -2.54. The molecule has 230 valence electrons. The van der Waals surface area contributed by atoms with Gasteiger partial charge in [-0.05, 0) is 56.9 Å². The first-order valence-electron chi connectivity index (χ1n) is 12.9. The van der Waals surface area contributed by atoms with E-state index >= 15 is 0 Å². The monoisotopic (exact) mass is 678 g/mol. The summed E-state index contributed by atoms with van der Waals surface area (Å²) in [6.45, 7) is 3.14. The van der Waals surface area contributed by atoms with Crippen LogP contribution >= 0.6 is 48.0 Å². The zero-order valence-corrected chi connectivity index (χ0v) is 26.8. The first-order valence-corrected chi connectivity index (χ1v) is 15.1. The van der Waals surface area contributed by atoms with Crippen molar-refractivity contribution in [1.29, 1.82) is 0 Å². The number of nitrogens with one attached hydrogen (secondary N) is 2. The Morgan fingerprint density at radius 1 is 1.17 bits per heavy atom. The molecule has 1 atom stereocenters. The van der Waals surface area contributed by atoms with Gasteiger partial charge in [0.25, 0.3) is 0 Å². The first kappa shape index (κ1) is 35.7. The van der Waals surface area contributed by atoms with E-state index in [1.807, 2.05) is 31.2 Å². The Bertz CT molecular complexity index is 1510. The molecule has 1 aliphatic heterocycles. The number of sulfonamides is 1. The van der Waals surface area contributed by atoms with Crippen LogP contribution in [0.15, 0.2) is 52.5 Å². The van der Waals surface area contributed by atoms with E-state index in [1.165, 1.54) is 22.8 Å². The summed E-state index contributed by atoms with van der Waals surface area (Å²) in [6, 6.07) is 11.5. The van der Waals surface area contributed by atoms with Crippen molar-refractivity contribution in [1.82, 2.24) is 19.9 Å². The van der Waals surface area contributed by atoms with Crippen molar-refractivity contribution >= 4 is 81.2 Å². The average molecular weight is 680 g/mol. The van der Waals surface area contributed by atoms with Gasteiger partial charge in [-0.3, -0.25) is 4.79 Å². The molecule has 4 rings (SSSR count). The molecule has 3 aromatic rings. The van der Waals surface area contributed by atoms with Crippen LogP contribution in [0.4, 0.5) is 0 Å². The molecule has 1 saturated heterocycles. The highest BCUT2D eigenvalue weighted by Gasteiger charge is 2.40. The topological polar surface area (TPSA) is 139 Å². The van der Waals surface area contributed by atoms with E-state index < -0.39 is 16.1 Å². The van der Waals surface area contributed by atoms with Crippen LogP contribution in [0.25, 0.3) is 10.9 Å². The molecule has 0 bridgehead atoms. The van der Waals surface area contributed by atoms with Crippen molar-refractivity contribution in [2.75, 3.05) is 19.6 Å². The molecular formula is C27H34Cl4N6O4S. The predicted octanol–water partition coefficient (Wildman–Crippen LogP) is 4.81. The van der Waals surface area contributed by atoms with Crippen LogP contribution in [0.5, 0.6) is 5.75 Å². The van der Waals surface area contributed by atoms with Crippen LogP contribution in [0.3, 0.4) is 0 Å². The van der Waals surface area contributed by atoms with E-state index in [0.717, 1.165) is 23.9 Å². The molecule has 0 unspecified atom stereocenters. The van der Waals surface area contributed by atoms with Crippen molar-refractivity contribution in [2.45, 2.75) is 50.2 Å². The number of rotatable bonds is 12. The summed E-state index contributed by atoms with van der Waals surface area (Å²) in [6.07, 6.45) is 3.90. The number of ether oxygens (including phenoxy) is 1. The van der Waals surface area contributed by atoms with Crippen LogP contribution < -0.4 is 21.2 Å². The molecule has 0 saturated carbocycles. The van der Waals surface area contributed by atoms with Crippen LogP contribution in [-0.4, -0.2) is 55.6 Å². The van der Waals surface area contributed by atoms with Crippen molar-refractivity contribution < 1.29 is 17.9 Å². The number of nitrogens with two attached hydrogens (primary N) is 1. The van der Waals surface area contributed by atoms with Gasteiger partial charge >= 0.3 is 0 Å². The molecule has 1 fully saturated rings. The molecule has 1 amide bonds. The fraction of sp³-hybridized carbons (Fsp3) is 0.370. The summed E-state index contributed by atoms with van der Waals surface area (Å²) in [5, 5.41) is 10.3. The number of fused-ring (bicyclic) bond motifs is 1. The minimum absolute atomic E-state index is 0. The summed E-state index contributed by atoms with van der Waals surface area (Å²) in [4.78, 5) is 17.4. The summed E-state index contributed by atoms with van der Waals surface area (Å²) < 4.78 is 34.7. The van der Waals surface area contributed by atoms with Crippen LogP contribution in [0, 0.1) is 6.92 Å². The maximum Gasteiger partial charge on any atom is 0.245 e. The van der Waals surface area contributed by atoms with E-state index in [4.69, 9.17) is 33.8 Å². The van der Waals surface area contributed by atoms with Gasteiger partial charge in [-0.2, -0.15) is 9.41 Å². The Labute approximate surface area is 268 Å². The Morgan fingerprint density at radius 2 is 1.93 bits per heavy atom. The smallest absolute Gasteiger partial charge is 0.245 e. The number of carbonyl (C=O) groups excluding carboxylic acids is 1. The van der Waals surface area contributed by atoms with E-state index in [1.54, 1.807) is 6.07 Å². The van der Waals surface area contributed by atoms with Crippen molar-refractivity contribution in [3.05, 3.63) is 63.8 Å². The van der Waals surface area contributed by atoms with Gasteiger partial charge < -0.3 is 21.2 Å². The summed E-state index contributed by atoms with van der Waals surface area (Å²) >= 11 is 13.1. The Balaban J connectivity index is 0.00000308. The number of hydrazone groups is 1. The minimum Gasteiger partial charge on any atom is -0.487 e. The van der Waals surface area contributed by atoms with Crippen molar-refractivity contribution in [3.8, 4) is 5.75 Å². The van der Waals surface area contributed by atoms with Crippen molar-refractivity contribution in [3.63, 3.8) is 0 Å². The van der Waals surface area contributed by atoms with Crippen LogP contribution in [0.1, 0.15) is 36.9 Å². The van der Waals surface area contributed by atoms with Gasteiger partial charge in [-0.1, -0.05) is 41.4 Å². The largest absolute Gasteiger partial charge is 0.487 e. The van der Waals surface area contributed by atoms with Crippen LogP contribution in [0.2, 0.25) is 10.0 Å². The molecule has 0 spiro atoms. The summed E-state index contributed by atoms with van der Waals surface area (Å²) in [5.74, 6) is 5.23. The fourth-order valence-electron chi connectivity index (χ4n) is 4.61. The number of para-hydroxylation sites is 1. The second-order valence-electron chi connectivity index (χ2n) is 9.41. The highest BCUT2D eigenvalue weighted by Crippen LogP contribution is 2.36. The number of hydrogen-bond donors (Lipinski definition) is 3. The predicted molar refractivity (Wildman–Crippen MR) is 172 cm³/mol. The van der Waals surface area contributed by atoms with Crippen LogP contribution in [-0.2, 0) is 21.4 Å². The zero-order valence-electron chi connectivity index (χ0n) is 22.9. The SMILES string of the molecule is Cc1ccc2cccc(OCc3c(Cl)ccc(S(=O)(=O)N4CCC[C@H]4C(=O)NCCCCNC=NN)c3Cl)c2n1.Cl.Cl. The zero-order chi connectivity index (χ0) is 28.7. The third-order valence-electron chi connectivity index (χ3n) is 6.65. The van der Waals surface area contributed by atoms with Gasteiger partial charge in [0, 0.05) is 41.3 Å². The number of pyridine rings is 1. The first-order chi connectivity index (χ1) is 19.2. The highest BCUT2D eigenvalue weighted by molar-refractivity contribution is 7.89. The molecule has 10 nitrogen and oxygen atoms in total. The molecule has 2 heterocycles. The third kappa shape index (κ3) is 8.30. The van der Waals surface area contributed by atoms with Gasteiger partial charge in [0.15, 0.2) is 0 Å². The number of aryl methyl sites for hydroxylation is 1. The van der Waals surface area contributed by atoms with Gasteiger partial charge in [0.2, 0.25) is 15.9 Å². The molecule has 2 aromatic carbocycles. The minimum atomic E-state index is -4.09. The Morgan fingerprint density at radius 3 is 2.69 bits per heavy atom.